The Hall–Kier alpha value is -9.22. The number of hydrogen-bond donors (Lipinski definition) is 0. The van der Waals surface area contributed by atoms with Crippen molar-refractivity contribution in [2.24, 2.45) is 0 Å². The molecule has 0 aliphatic rings. The van der Waals surface area contributed by atoms with Crippen LogP contribution in [0.25, 0.3) is 64.0 Å². The summed E-state index contributed by atoms with van der Waals surface area (Å²) in [6.45, 7) is 0. The van der Waals surface area contributed by atoms with E-state index in [4.69, 9.17) is 0 Å². The Morgan fingerprint density at radius 2 is 0.681 bits per heavy atom. The molecule has 0 unspecified atom stereocenters. The second kappa shape index (κ2) is 18.6. The van der Waals surface area contributed by atoms with Crippen LogP contribution in [0.2, 0.25) is 0 Å². The van der Waals surface area contributed by atoms with Crippen molar-refractivity contribution in [2.75, 3.05) is 14.7 Å². The molecule has 72 heavy (non-hydrogen) atoms. The maximum absolute atomic E-state index is 2.42. The fourth-order valence-corrected chi connectivity index (χ4v) is 11.6. The molecule has 0 bridgehead atoms. The Morgan fingerprint density at radius 3 is 1.31 bits per heavy atom. The molecule has 0 fully saturated rings. The molecule has 1 aromatic heterocycles. The average Bonchev–Trinajstić information content (AvgIpc) is 3.83. The van der Waals surface area contributed by atoms with Crippen LogP contribution in [0.5, 0.6) is 0 Å². The maximum atomic E-state index is 2.42. The number of anilines is 9. The Bertz CT molecular complexity index is 4000. The summed E-state index contributed by atoms with van der Waals surface area (Å²) < 4.78 is 2.59. The second-order valence-corrected chi connectivity index (χ2v) is 19.2. The molecule has 4 heteroatoms. The first-order valence-electron chi connectivity index (χ1n) is 24.5. The van der Waals surface area contributed by atoms with Gasteiger partial charge in [0.15, 0.2) is 0 Å². The third-order valence-electron chi connectivity index (χ3n) is 13.8. The first kappa shape index (κ1) is 42.8. The summed E-state index contributed by atoms with van der Waals surface area (Å²) in [5.74, 6) is 0. The van der Waals surface area contributed by atoms with E-state index in [-0.39, 0.29) is 0 Å². The predicted molar refractivity (Wildman–Crippen MR) is 309 cm³/mol. The summed E-state index contributed by atoms with van der Waals surface area (Å²) in [6.07, 6.45) is 0. The molecule has 0 atom stereocenters. The van der Waals surface area contributed by atoms with E-state index in [2.05, 4.69) is 300 Å². The fraction of sp³-hybridized carbons (Fsp3) is 0. The predicted octanol–water partition coefficient (Wildman–Crippen LogP) is 20.1. The fourth-order valence-electron chi connectivity index (χ4n) is 10.5. The lowest BCUT2D eigenvalue weighted by Gasteiger charge is -2.31. The van der Waals surface area contributed by atoms with Crippen molar-refractivity contribution in [1.29, 1.82) is 0 Å². The molecule has 0 spiro atoms. The van der Waals surface area contributed by atoms with Gasteiger partial charge in [0.25, 0.3) is 0 Å². The van der Waals surface area contributed by atoms with Crippen molar-refractivity contribution in [2.45, 2.75) is 0 Å². The van der Waals surface area contributed by atoms with E-state index in [0.717, 1.165) is 73.1 Å². The summed E-state index contributed by atoms with van der Waals surface area (Å²) in [7, 11) is 0. The topological polar surface area (TPSA) is 9.72 Å². The van der Waals surface area contributed by atoms with Crippen molar-refractivity contribution < 1.29 is 0 Å². The van der Waals surface area contributed by atoms with Gasteiger partial charge in [-0.1, -0.05) is 176 Å². The first-order chi connectivity index (χ1) is 35.7. The van der Waals surface area contributed by atoms with E-state index >= 15 is 0 Å². The van der Waals surface area contributed by atoms with E-state index < -0.39 is 0 Å². The lowest BCUT2D eigenvalue weighted by molar-refractivity contribution is 1.25. The van der Waals surface area contributed by atoms with Gasteiger partial charge in [0.2, 0.25) is 0 Å². The highest BCUT2D eigenvalue weighted by molar-refractivity contribution is 7.25. The Kier molecular flexibility index (Phi) is 11.1. The van der Waals surface area contributed by atoms with Crippen molar-refractivity contribution in [3.05, 3.63) is 285 Å². The van der Waals surface area contributed by atoms with Gasteiger partial charge in [-0.2, -0.15) is 0 Å². The highest BCUT2D eigenvalue weighted by atomic mass is 32.1. The van der Waals surface area contributed by atoms with Crippen molar-refractivity contribution in [3.63, 3.8) is 0 Å². The standard InChI is InChI=1S/C68H47N3S/c1-5-22-51(23-6-1)69(52-24-7-2-8-25-52)57-44-50(45-58(46-57)70(53-26-9-3-10-27-53)55-38-36-49(37-39-55)60-34-19-21-48-20-13-14-30-59(48)60)61-41-42-66(63-32-16-15-31-62(61)63)71(54-28-11-4-12-29-54)56-40-43-68-65(47-56)64-33-17-18-35-67(64)72-68/h1-47H. The second-order valence-electron chi connectivity index (χ2n) is 18.1. The first-order valence-corrected chi connectivity index (χ1v) is 25.3. The number of hydrogen-bond acceptors (Lipinski definition) is 4. The van der Waals surface area contributed by atoms with Crippen LogP contribution in [-0.4, -0.2) is 0 Å². The molecule has 340 valence electrons. The van der Waals surface area contributed by atoms with Gasteiger partial charge in [-0.3, -0.25) is 0 Å². The van der Waals surface area contributed by atoms with Crippen LogP contribution in [0.1, 0.15) is 0 Å². The maximum Gasteiger partial charge on any atom is 0.0540 e. The molecule has 0 saturated heterocycles. The smallest absolute Gasteiger partial charge is 0.0540 e. The highest BCUT2D eigenvalue weighted by Crippen LogP contribution is 2.48. The summed E-state index contributed by atoms with van der Waals surface area (Å²) in [6, 6.07) is 104. The van der Waals surface area contributed by atoms with Gasteiger partial charge >= 0.3 is 0 Å². The number of thiophene rings is 1. The summed E-state index contributed by atoms with van der Waals surface area (Å²) in [5, 5.41) is 7.36. The zero-order valence-corrected chi connectivity index (χ0v) is 40.2. The van der Waals surface area contributed by atoms with Gasteiger partial charge in [0, 0.05) is 71.1 Å². The van der Waals surface area contributed by atoms with Crippen LogP contribution in [0.4, 0.5) is 51.2 Å². The lowest BCUT2D eigenvalue weighted by Crippen LogP contribution is -2.13. The SMILES string of the molecule is c1ccc(N(c2ccccc2)c2cc(-c3ccc(N(c4ccccc4)c4ccc5sc6ccccc6c5c4)c4ccccc34)cc(N(c3ccccc3)c3ccc(-c4cccc5ccccc45)cc3)c2)cc1. The van der Waals surface area contributed by atoms with Gasteiger partial charge in [-0.25, -0.2) is 0 Å². The highest BCUT2D eigenvalue weighted by Gasteiger charge is 2.23. The number of nitrogens with zero attached hydrogens (tertiary/aromatic N) is 3. The van der Waals surface area contributed by atoms with E-state index in [1.54, 1.807) is 0 Å². The molecule has 13 rings (SSSR count). The van der Waals surface area contributed by atoms with Crippen LogP contribution >= 0.6 is 11.3 Å². The van der Waals surface area contributed by atoms with E-state index in [1.165, 1.54) is 42.1 Å². The van der Waals surface area contributed by atoms with Crippen LogP contribution in [0.15, 0.2) is 285 Å². The average molecular weight is 938 g/mol. The van der Waals surface area contributed by atoms with Gasteiger partial charge in [0.05, 0.1) is 5.69 Å². The van der Waals surface area contributed by atoms with Crippen LogP contribution in [-0.2, 0) is 0 Å². The number of para-hydroxylation sites is 4. The van der Waals surface area contributed by atoms with Crippen molar-refractivity contribution in [1.82, 2.24) is 0 Å². The molecule has 0 aliphatic heterocycles. The molecular formula is C68H47N3S. The Balaban J connectivity index is 1.02. The van der Waals surface area contributed by atoms with Crippen molar-refractivity contribution >= 4 is 104 Å². The normalized spacial score (nSPS) is 11.3. The summed E-state index contributed by atoms with van der Waals surface area (Å²) in [5.41, 5.74) is 14.3. The zero-order chi connectivity index (χ0) is 47.8. The molecule has 12 aromatic carbocycles. The number of rotatable bonds is 11. The van der Waals surface area contributed by atoms with Crippen LogP contribution < -0.4 is 14.7 Å². The Morgan fingerprint density at radius 1 is 0.222 bits per heavy atom. The monoisotopic (exact) mass is 937 g/mol. The van der Waals surface area contributed by atoms with E-state index in [0.29, 0.717) is 0 Å². The van der Waals surface area contributed by atoms with Crippen LogP contribution in [0.3, 0.4) is 0 Å². The zero-order valence-electron chi connectivity index (χ0n) is 39.4. The van der Waals surface area contributed by atoms with Gasteiger partial charge in [-0.05, 0) is 148 Å². The molecule has 1 heterocycles. The lowest BCUT2D eigenvalue weighted by atomic mass is 9.94. The minimum atomic E-state index is 1.04. The minimum absolute atomic E-state index is 1.04. The summed E-state index contributed by atoms with van der Waals surface area (Å²) in [4.78, 5) is 7.19. The van der Waals surface area contributed by atoms with Gasteiger partial charge in [0.1, 0.15) is 0 Å². The van der Waals surface area contributed by atoms with Crippen LogP contribution in [0, 0.1) is 0 Å². The van der Waals surface area contributed by atoms with Gasteiger partial charge < -0.3 is 14.7 Å². The van der Waals surface area contributed by atoms with Crippen molar-refractivity contribution in [3.8, 4) is 22.3 Å². The summed E-state index contributed by atoms with van der Waals surface area (Å²) >= 11 is 1.85. The third-order valence-corrected chi connectivity index (χ3v) is 14.9. The molecule has 0 amide bonds. The van der Waals surface area contributed by atoms with E-state index in [1.807, 2.05) is 11.3 Å². The van der Waals surface area contributed by atoms with Gasteiger partial charge in [-0.15, -0.1) is 11.3 Å². The molecule has 0 radical (unpaired) electrons. The number of benzene rings is 12. The third kappa shape index (κ3) is 7.90. The minimum Gasteiger partial charge on any atom is -0.310 e. The Labute approximate surface area is 424 Å². The quantitative estimate of drug-likeness (QED) is 0.128. The number of fused-ring (bicyclic) bond motifs is 5. The molecule has 0 N–H and O–H groups in total. The molecule has 0 saturated carbocycles. The molecule has 0 aliphatic carbocycles. The molecular weight excluding hydrogens is 891 g/mol. The molecule has 13 aromatic rings. The largest absolute Gasteiger partial charge is 0.310 e. The molecule has 3 nitrogen and oxygen atoms in total. The van der Waals surface area contributed by atoms with E-state index in [9.17, 15) is 0 Å².